The van der Waals surface area contributed by atoms with Crippen LogP contribution in [-0.2, 0) is 9.53 Å². The summed E-state index contributed by atoms with van der Waals surface area (Å²) in [6.07, 6.45) is 0. The average molecular weight is 435 g/mol. The van der Waals surface area contributed by atoms with Gasteiger partial charge in [0, 0.05) is 5.56 Å². The smallest absolute Gasteiger partial charge is 0.355 e. The molecule has 1 N–H and O–H groups in total. The molecule has 2 heterocycles. The van der Waals surface area contributed by atoms with E-state index in [0.29, 0.717) is 17.1 Å². The fraction of sp³-hybridized carbons (Fsp3) is 0.227. The van der Waals surface area contributed by atoms with Gasteiger partial charge in [-0.2, -0.15) is 4.68 Å². The zero-order chi connectivity index (χ0) is 22.8. The minimum Gasteiger partial charge on any atom is -0.493 e. The number of carbonyl (C=O) groups excluding carboxylic acids is 2. The maximum absolute atomic E-state index is 13.8. The van der Waals surface area contributed by atoms with Crippen LogP contribution in [0.3, 0.4) is 0 Å². The minimum atomic E-state index is -0.753. The summed E-state index contributed by atoms with van der Waals surface area (Å²) in [5.41, 5.74) is 2.20. The molecule has 1 aliphatic heterocycles. The maximum Gasteiger partial charge on any atom is 0.355 e. The number of hydrogen-bond donors (Lipinski definition) is 1. The van der Waals surface area contributed by atoms with Crippen molar-refractivity contribution in [2.45, 2.75) is 13.0 Å². The molecule has 0 amide bonds. The molecule has 0 aliphatic carbocycles. The average Bonchev–Trinajstić information content (AvgIpc) is 3.30. The number of fused-ring (bicyclic) bond motifs is 1. The van der Waals surface area contributed by atoms with Crippen LogP contribution < -0.4 is 14.8 Å². The summed E-state index contributed by atoms with van der Waals surface area (Å²) in [6.45, 7) is 1.96. The zero-order valence-electron chi connectivity index (χ0n) is 17.9. The van der Waals surface area contributed by atoms with Crippen molar-refractivity contribution in [1.29, 1.82) is 0 Å². The first kappa shape index (κ1) is 21.0. The Morgan fingerprint density at radius 3 is 2.38 bits per heavy atom. The lowest BCUT2D eigenvalue weighted by atomic mass is 9.89. The molecule has 0 radical (unpaired) electrons. The van der Waals surface area contributed by atoms with Crippen LogP contribution in [0.15, 0.2) is 53.7 Å². The molecular formula is C22H21N5O5. The van der Waals surface area contributed by atoms with Crippen LogP contribution in [0, 0.1) is 6.92 Å². The van der Waals surface area contributed by atoms with Gasteiger partial charge >= 0.3 is 5.97 Å². The molecule has 1 aromatic heterocycles. The van der Waals surface area contributed by atoms with Crippen LogP contribution in [0.5, 0.6) is 11.5 Å². The van der Waals surface area contributed by atoms with Crippen molar-refractivity contribution in [2.75, 3.05) is 26.6 Å². The molecule has 0 unspecified atom stereocenters. The Balaban J connectivity index is 1.93. The lowest BCUT2D eigenvalue weighted by Gasteiger charge is -2.28. The van der Waals surface area contributed by atoms with Crippen LogP contribution in [0.4, 0.5) is 5.95 Å². The number of carbonyl (C=O) groups is 2. The number of allylic oxidation sites excluding steroid dienone is 1. The molecule has 0 saturated carbocycles. The standard InChI is InChI=1S/C22H21N5O5/c1-12-5-7-13(8-6-12)19-17(18(21(29)32-4)23-22-24-25-26-27(19)22)20(28)14-9-10-15(30-2)16(11-14)31-3/h5-11,19H,1-4H3,(H,23,24,26)/t19-/m1/s1. The second-order valence-corrected chi connectivity index (χ2v) is 7.06. The SMILES string of the molecule is COC(=O)C1=C(C(=O)c2ccc(OC)c(OC)c2)[C@@H](c2ccc(C)cc2)n2nnnc2N1. The van der Waals surface area contributed by atoms with Crippen molar-refractivity contribution in [3.63, 3.8) is 0 Å². The van der Waals surface area contributed by atoms with E-state index in [-0.39, 0.29) is 17.2 Å². The number of ether oxygens (including phenoxy) is 3. The highest BCUT2D eigenvalue weighted by atomic mass is 16.5. The number of tetrazole rings is 1. The van der Waals surface area contributed by atoms with E-state index in [1.165, 1.54) is 26.0 Å². The van der Waals surface area contributed by atoms with E-state index in [2.05, 4.69) is 20.8 Å². The van der Waals surface area contributed by atoms with E-state index < -0.39 is 17.8 Å². The summed E-state index contributed by atoms with van der Waals surface area (Å²) in [4.78, 5) is 26.5. The van der Waals surface area contributed by atoms with Gasteiger partial charge in [0.25, 0.3) is 0 Å². The van der Waals surface area contributed by atoms with Gasteiger partial charge in [-0.15, -0.1) is 0 Å². The molecule has 0 fully saturated rings. The summed E-state index contributed by atoms with van der Waals surface area (Å²) in [7, 11) is 4.23. The number of aromatic nitrogens is 4. The van der Waals surface area contributed by atoms with E-state index in [9.17, 15) is 9.59 Å². The molecule has 10 nitrogen and oxygen atoms in total. The third-order valence-electron chi connectivity index (χ3n) is 5.19. The van der Waals surface area contributed by atoms with E-state index >= 15 is 0 Å². The number of ketones is 1. The highest BCUT2D eigenvalue weighted by molar-refractivity contribution is 6.15. The first-order valence-electron chi connectivity index (χ1n) is 9.69. The number of Topliss-reactive ketones (excluding diaryl/α,β-unsaturated/α-hetero) is 1. The van der Waals surface area contributed by atoms with Gasteiger partial charge in [0.2, 0.25) is 5.95 Å². The Bertz CT molecular complexity index is 1220. The lowest BCUT2D eigenvalue weighted by molar-refractivity contribution is -0.136. The normalized spacial score (nSPS) is 14.9. The number of benzene rings is 2. The summed E-state index contributed by atoms with van der Waals surface area (Å²) in [6, 6.07) is 11.6. The minimum absolute atomic E-state index is 0.0276. The summed E-state index contributed by atoms with van der Waals surface area (Å²) in [5.74, 6) is -0.0335. The number of esters is 1. The monoisotopic (exact) mass is 435 g/mol. The van der Waals surface area contributed by atoms with Gasteiger partial charge in [0.1, 0.15) is 11.7 Å². The predicted molar refractivity (Wildman–Crippen MR) is 114 cm³/mol. The number of hydrogen-bond acceptors (Lipinski definition) is 9. The highest BCUT2D eigenvalue weighted by Gasteiger charge is 2.38. The molecule has 3 aromatic rings. The summed E-state index contributed by atoms with van der Waals surface area (Å²) < 4.78 is 17.0. The Hall–Kier alpha value is -4.21. The molecule has 164 valence electrons. The topological polar surface area (TPSA) is 117 Å². The first-order chi connectivity index (χ1) is 15.5. The van der Waals surface area contributed by atoms with Crippen LogP contribution in [0.1, 0.15) is 27.5 Å². The van der Waals surface area contributed by atoms with E-state index in [1.807, 2.05) is 31.2 Å². The fourth-order valence-electron chi connectivity index (χ4n) is 3.58. The highest BCUT2D eigenvalue weighted by Crippen LogP contribution is 2.38. The molecule has 32 heavy (non-hydrogen) atoms. The number of methoxy groups -OCH3 is 3. The maximum atomic E-state index is 13.8. The van der Waals surface area contributed by atoms with Gasteiger partial charge in [0.05, 0.1) is 26.9 Å². The van der Waals surface area contributed by atoms with Gasteiger partial charge < -0.3 is 19.5 Å². The van der Waals surface area contributed by atoms with Gasteiger partial charge in [-0.1, -0.05) is 34.9 Å². The predicted octanol–water partition coefficient (Wildman–Crippen LogP) is 2.32. The van der Waals surface area contributed by atoms with Crippen molar-refractivity contribution >= 4 is 17.7 Å². The molecular weight excluding hydrogens is 414 g/mol. The number of rotatable bonds is 6. The van der Waals surface area contributed by atoms with Gasteiger partial charge in [0.15, 0.2) is 17.3 Å². The van der Waals surface area contributed by atoms with Crippen molar-refractivity contribution in [3.8, 4) is 11.5 Å². The Morgan fingerprint density at radius 1 is 1.00 bits per heavy atom. The second kappa shape index (κ2) is 8.50. The van der Waals surface area contributed by atoms with Gasteiger partial charge in [-0.3, -0.25) is 4.79 Å². The molecule has 4 rings (SSSR count). The zero-order valence-corrected chi connectivity index (χ0v) is 17.9. The quantitative estimate of drug-likeness (QED) is 0.460. The van der Waals surface area contributed by atoms with Crippen LogP contribution in [-0.4, -0.2) is 53.3 Å². The molecule has 0 bridgehead atoms. The molecule has 2 aromatic carbocycles. The summed E-state index contributed by atoms with van der Waals surface area (Å²) in [5, 5.41) is 14.5. The van der Waals surface area contributed by atoms with Crippen molar-refractivity contribution in [3.05, 3.63) is 70.4 Å². The van der Waals surface area contributed by atoms with E-state index in [1.54, 1.807) is 18.2 Å². The number of aryl methyl sites for hydroxylation is 1. The third-order valence-corrected chi connectivity index (χ3v) is 5.19. The van der Waals surface area contributed by atoms with Crippen molar-refractivity contribution in [1.82, 2.24) is 20.2 Å². The number of nitrogens with zero attached hydrogens (tertiary/aromatic N) is 4. The van der Waals surface area contributed by atoms with Crippen molar-refractivity contribution < 1.29 is 23.8 Å². The van der Waals surface area contributed by atoms with Gasteiger partial charge in [-0.25, -0.2) is 4.79 Å². The van der Waals surface area contributed by atoms with Crippen molar-refractivity contribution in [2.24, 2.45) is 0 Å². The largest absolute Gasteiger partial charge is 0.493 e. The third kappa shape index (κ3) is 3.55. The van der Waals surface area contributed by atoms with E-state index in [4.69, 9.17) is 14.2 Å². The number of anilines is 1. The molecule has 0 spiro atoms. The van der Waals surface area contributed by atoms with Gasteiger partial charge in [-0.05, 0) is 41.1 Å². The Labute approximate surface area is 183 Å². The lowest BCUT2D eigenvalue weighted by Crippen LogP contribution is -2.33. The first-order valence-corrected chi connectivity index (χ1v) is 9.69. The fourth-order valence-corrected chi connectivity index (χ4v) is 3.58. The Kier molecular flexibility index (Phi) is 5.59. The Morgan fingerprint density at radius 2 is 1.72 bits per heavy atom. The van der Waals surface area contributed by atoms with Crippen LogP contribution >= 0.6 is 0 Å². The van der Waals surface area contributed by atoms with E-state index in [0.717, 1.165) is 11.1 Å². The van der Waals surface area contributed by atoms with Crippen LogP contribution in [0.2, 0.25) is 0 Å². The molecule has 10 heteroatoms. The summed E-state index contributed by atoms with van der Waals surface area (Å²) >= 11 is 0. The van der Waals surface area contributed by atoms with Crippen LogP contribution in [0.25, 0.3) is 0 Å². The second-order valence-electron chi connectivity index (χ2n) is 7.06. The molecule has 1 atom stereocenters. The number of nitrogens with one attached hydrogen (secondary N) is 1. The molecule has 1 aliphatic rings. The molecule has 0 saturated heterocycles.